The highest BCUT2D eigenvalue weighted by atomic mass is 16.5. The van der Waals surface area contributed by atoms with E-state index in [2.05, 4.69) is 12.2 Å². The van der Waals surface area contributed by atoms with Crippen LogP contribution in [0.25, 0.3) is 0 Å². The van der Waals surface area contributed by atoms with Gasteiger partial charge in [-0.1, -0.05) is 0 Å². The zero-order chi connectivity index (χ0) is 11.6. The topological polar surface area (TPSA) is 47.6 Å². The first-order valence-electron chi connectivity index (χ1n) is 6.17. The predicted molar refractivity (Wildman–Crippen MR) is 60.1 cm³/mol. The quantitative estimate of drug-likeness (QED) is 0.714. The third-order valence-electron chi connectivity index (χ3n) is 3.83. The number of esters is 1. The summed E-state index contributed by atoms with van der Waals surface area (Å²) in [5, 5.41) is 3.34. The zero-order valence-electron chi connectivity index (χ0n) is 10.1. The van der Waals surface area contributed by atoms with Gasteiger partial charge in [0.1, 0.15) is 0 Å². The first-order chi connectivity index (χ1) is 7.68. The van der Waals surface area contributed by atoms with Gasteiger partial charge in [0.05, 0.1) is 18.6 Å². The van der Waals surface area contributed by atoms with Gasteiger partial charge in [0.25, 0.3) is 0 Å². The van der Waals surface area contributed by atoms with E-state index < -0.39 is 0 Å². The van der Waals surface area contributed by atoms with Gasteiger partial charge in [0.2, 0.25) is 0 Å². The lowest BCUT2D eigenvalue weighted by Crippen LogP contribution is -2.43. The third kappa shape index (κ3) is 2.09. The van der Waals surface area contributed by atoms with Gasteiger partial charge >= 0.3 is 5.97 Å². The van der Waals surface area contributed by atoms with Gasteiger partial charge in [0.15, 0.2) is 0 Å². The number of ether oxygens (including phenoxy) is 2. The Morgan fingerprint density at radius 2 is 2.44 bits per heavy atom. The summed E-state index contributed by atoms with van der Waals surface area (Å²) in [5.74, 6) is -0.0274. The van der Waals surface area contributed by atoms with Crippen LogP contribution in [0.15, 0.2) is 0 Å². The second kappa shape index (κ2) is 4.72. The van der Waals surface area contributed by atoms with Crippen LogP contribution in [-0.2, 0) is 14.3 Å². The fourth-order valence-corrected chi connectivity index (χ4v) is 3.06. The summed E-state index contributed by atoms with van der Waals surface area (Å²) in [7, 11) is 0. The summed E-state index contributed by atoms with van der Waals surface area (Å²) in [6, 6.07) is 0. The van der Waals surface area contributed by atoms with E-state index in [4.69, 9.17) is 9.47 Å². The molecule has 0 aromatic heterocycles. The summed E-state index contributed by atoms with van der Waals surface area (Å²) >= 11 is 0. The van der Waals surface area contributed by atoms with Crippen molar-refractivity contribution in [3.8, 4) is 0 Å². The maximum Gasteiger partial charge on any atom is 0.310 e. The van der Waals surface area contributed by atoms with Crippen molar-refractivity contribution in [2.45, 2.75) is 32.8 Å². The van der Waals surface area contributed by atoms with Gasteiger partial charge in [-0.15, -0.1) is 0 Å². The molecule has 0 aromatic rings. The van der Waals surface area contributed by atoms with Crippen molar-refractivity contribution in [2.75, 3.05) is 26.3 Å². The molecule has 0 amide bonds. The molecule has 2 aliphatic rings. The molecule has 0 aliphatic carbocycles. The molecular formula is C12H21NO3. The van der Waals surface area contributed by atoms with Crippen LogP contribution in [0.4, 0.5) is 0 Å². The maximum atomic E-state index is 11.9. The van der Waals surface area contributed by atoms with E-state index in [1.807, 2.05) is 6.92 Å². The van der Waals surface area contributed by atoms with Crippen molar-refractivity contribution in [2.24, 2.45) is 11.3 Å². The molecule has 0 radical (unpaired) electrons. The minimum atomic E-state index is -0.0402. The predicted octanol–water partition coefficient (Wildman–Crippen LogP) is 0.954. The molecule has 16 heavy (non-hydrogen) atoms. The normalized spacial score (nSPS) is 38.9. The van der Waals surface area contributed by atoms with Crippen molar-refractivity contribution < 1.29 is 14.3 Å². The summed E-state index contributed by atoms with van der Waals surface area (Å²) in [4.78, 5) is 11.9. The second-order valence-corrected chi connectivity index (χ2v) is 4.93. The number of nitrogens with one attached hydrogen (secondary N) is 1. The molecule has 92 valence electrons. The minimum absolute atomic E-state index is 0.0128. The monoisotopic (exact) mass is 227 g/mol. The van der Waals surface area contributed by atoms with Crippen LogP contribution in [0.3, 0.4) is 0 Å². The molecule has 0 bridgehead atoms. The molecule has 2 rings (SSSR count). The minimum Gasteiger partial charge on any atom is -0.466 e. The second-order valence-electron chi connectivity index (χ2n) is 4.93. The molecule has 1 N–H and O–H groups in total. The first-order valence-corrected chi connectivity index (χ1v) is 6.17. The Morgan fingerprint density at radius 1 is 1.62 bits per heavy atom. The van der Waals surface area contributed by atoms with E-state index in [1.54, 1.807) is 0 Å². The Bertz CT molecular complexity index is 269. The molecule has 2 fully saturated rings. The standard InChI is InChI=1S/C12H21NO3/c1-3-15-11(14)10-7-13-8-12(10)4-5-16-9(2)6-12/h9-10,13H,3-8H2,1-2H3. The zero-order valence-corrected chi connectivity index (χ0v) is 10.1. The van der Waals surface area contributed by atoms with Crippen molar-refractivity contribution in [3.05, 3.63) is 0 Å². The number of carbonyl (C=O) groups is 1. The molecule has 2 saturated heterocycles. The van der Waals surface area contributed by atoms with E-state index in [0.717, 1.165) is 32.5 Å². The van der Waals surface area contributed by atoms with Gasteiger partial charge < -0.3 is 14.8 Å². The Kier molecular flexibility index (Phi) is 3.50. The van der Waals surface area contributed by atoms with Crippen LogP contribution in [-0.4, -0.2) is 38.4 Å². The lowest BCUT2D eigenvalue weighted by atomic mass is 9.70. The Balaban J connectivity index is 2.09. The molecule has 3 atom stereocenters. The fourth-order valence-electron chi connectivity index (χ4n) is 3.06. The summed E-state index contributed by atoms with van der Waals surface area (Å²) in [5.41, 5.74) is 0.0733. The van der Waals surface area contributed by atoms with E-state index >= 15 is 0 Å². The van der Waals surface area contributed by atoms with Gasteiger partial charge in [-0.25, -0.2) is 0 Å². The van der Waals surface area contributed by atoms with Crippen molar-refractivity contribution in [3.63, 3.8) is 0 Å². The van der Waals surface area contributed by atoms with Crippen LogP contribution in [0.1, 0.15) is 26.7 Å². The van der Waals surface area contributed by atoms with Gasteiger partial charge in [0, 0.05) is 25.1 Å². The highest BCUT2D eigenvalue weighted by Gasteiger charge is 2.49. The van der Waals surface area contributed by atoms with Crippen molar-refractivity contribution in [1.82, 2.24) is 5.32 Å². The number of hydrogen-bond acceptors (Lipinski definition) is 4. The molecule has 4 nitrogen and oxygen atoms in total. The molecule has 0 aromatic carbocycles. The number of rotatable bonds is 2. The Hall–Kier alpha value is -0.610. The summed E-state index contributed by atoms with van der Waals surface area (Å²) in [6.07, 6.45) is 2.18. The lowest BCUT2D eigenvalue weighted by Gasteiger charge is -2.39. The fraction of sp³-hybridized carbons (Fsp3) is 0.917. The smallest absolute Gasteiger partial charge is 0.310 e. The van der Waals surface area contributed by atoms with E-state index in [1.165, 1.54) is 0 Å². The number of carbonyl (C=O) groups excluding carboxylic acids is 1. The molecule has 3 unspecified atom stereocenters. The molecule has 4 heteroatoms. The van der Waals surface area contributed by atoms with Gasteiger partial charge in [-0.2, -0.15) is 0 Å². The molecule has 0 saturated carbocycles. The summed E-state index contributed by atoms with van der Waals surface area (Å²) in [6.45, 7) is 6.85. The lowest BCUT2D eigenvalue weighted by molar-refractivity contribution is -0.154. The molecule has 1 spiro atoms. The van der Waals surface area contributed by atoms with Crippen molar-refractivity contribution >= 4 is 5.97 Å². The van der Waals surface area contributed by atoms with Crippen LogP contribution < -0.4 is 5.32 Å². The SMILES string of the molecule is CCOC(=O)C1CNCC12CCOC(C)C2. The molecule has 2 heterocycles. The average Bonchev–Trinajstić information content (AvgIpc) is 2.61. The highest BCUT2D eigenvalue weighted by Crippen LogP contribution is 2.43. The van der Waals surface area contributed by atoms with Crippen LogP contribution in [0.5, 0.6) is 0 Å². The maximum absolute atomic E-state index is 11.9. The highest BCUT2D eigenvalue weighted by molar-refractivity contribution is 5.74. The largest absolute Gasteiger partial charge is 0.466 e. The third-order valence-corrected chi connectivity index (χ3v) is 3.83. The Morgan fingerprint density at radius 3 is 3.12 bits per heavy atom. The Labute approximate surface area is 96.7 Å². The van der Waals surface area contributed by atoms with E-state index in [0.29, 0.717) is 6.61 Å². The average molecular weight is 227 g/mol. The van der Waals surface area contributed by atoms with Gasteiger partial charge in [-0.3, -0.25) is 4.79 Å². The molecule has 2 aliphatic heterocycles. The summed E-state index contributed by atoms with van der Waals surface area (Å²) < 4.78 is 10.7. The first kappa shape index (κ1) is 11.9. The number of hydrogen-bond donors (Lipinski definition) is 1. The van der Waals surface area contributed by atoms with Gasteiger partial charge in [-0.05, 0) is 26.7 Å². The van der Waals surface area contributed by atoms with Crippen LogP contribution >= 0.6 is 0 Å². The van der Waals surface area contributed by atoms with Crippen LogP contribution in [0.2, 0.25) is 0 Å². The van der Waals surface area contributed by atoms with Crippen molar-refractivity contribution in [1.29, 1.82) is 0 Å². The van der Waals surface area contributed by atoms with E-state index in [-0.39, 0.29) is 23.4 Å². The molecular weight excluding hydrogens is 206 g/mol. The van der Waals surface area contributed by atoms with E-state index in [9.17, 15) is 4.79 Å². The van der Waals surface area contributed by atoms with Crippen LogP contribution in [0, 0.1) is 11.3 Å².